The van der Waals surface area contributed by atoms with E-state index in [1.807, 2.05) is 48.5 Å². The zero-order valence-corrected chi connectivity index (χ0v) is 16.7. The molecule has 0 bridgehead atoms. The van der Waals surface area contributed by atoms with Crippen molar-refractivity contribution in [3.8, 4) is 0 Å². The smallest absolute Gasteiger partial charge is 0.258 e. The largest absolute Gasteiger partial charge is 0.308 e. The van der Waals surface area contributed by atoms with Crippen molar-refractivity contribution < 1.29 is 13.2 Å². The van der Waals surface area contributed by atoms with Crippen LogP contribution in [0.25, 0.3) is 0 Å². The lowest BCUT2D eigenvalue weighted by molar-refractivity contribution is 0.0989. The number of rotatable bonds is 6. The van der Waals surface area contributed by atoms with E-state index in [1.54, 1.807) is 35.2 Å². The summed E-state index contributed by atoms with van der Waals surface area (Å²) in [5.74, 6) is -0.0686. The molecule has 4 rings (SSSR count). The highest BCUT2D eigenvalue weighted by atomic mass is 32.2. The van der Waals surface area contributed by atoms with Crippen molar-refractivity contribution in [1.82, 2.24) is 4.72 Å². The van der Waals surface area contributed by atoms with Gasteiger partial charge in [0.15, 0.2) is 0 Å². The maximum absolute atomic E-state index is 12.8. The Morgan fingerprint density at radius 1 is 0.931 bits per heavy atom. The van der Waals surface area contributed by atoms with Gasteiger partial charge in [-0.1, -0.05) is 48.5 Å². The molecule has 6 heteroatoms. The van der Waals surface area contributed by atoms with Gasteiger partial charge in [0.25, 0.3) is 5.91 Å². The minimum absolute atomic E-state index is 0.0686. The van der Waals surface area contributed by atoms with Crippen LogP contribution in [0.1, 0.15) is 21.5 Å². The summed E-state index contributed by atoms with van der Waals surface area (Å²) in [7, 11) is -3.60. The van der Waals surface area contributed by atoms with Crippen LogP contribution in [0.15, 0.2) is 83.8 Å². The Bertz CT molecular complexity index is 1110. The average Bonchev–Trinajstić information content (AvgIpc) is 3.18. The number of hydrogen-bond donors (Lipinski definition) is 1. The van der Waals surface area contributed by atoms with Crippen molar-refractivity contribution in [2.24, 2.45) is 0 Å². The Morgan fingerprint density at radius 2 is 1.62 bits per heavy atom. The summed E-state index contributed by atoms with van der Waals surface area (Å²) in [4.78, 5) is 14.7. The molecule has 148 valence electrons. The highest BCUT2D eigenvalue weighted by Gasteiger charge is 2.27. The van der Waals surface area contributed by atoms with Gasteiger partial charge in [-0.3, -0.25) is 4.79 Å². The van der Waals surface area contributed by atoms with E-state index in [0.717, 1.165) is 16.8 Å². The molecule has 1 amide bonds. The number of nitrogens with zero attached hydrogens (tertiary/aromatic N) is 1. The van der Waals surface area contributed by atoms with E-state index in [2.05, 4.69) is 4.72 Å². The maximum Gasteiger partial charge on any atom is 0.258 e. The quantitative estimate of drug-likeness (QED) is 0.682. The first-order valence-corrected chi connectivity index (χ1v) is 11.1. The molecular weight excluding hydrogens is 384 g/mol. The van der Waals surface area contributed by atoms with Gasteiger partial charge in [0.2, 0.25) is 10.0 Å². The molecule has 0 saturated carbocycles. The van der Waals surface area contributed by atoms with Gasteiger partial charge in [-0.25, -0.2) is 13.1 Å². The lowest BCUT2D eigenvalue weighted by Gasteiger charge is -2.17. The van der Waals surface area contributed by atoms with E-state index in [9.17, 15) is 13.2 Å². The van der Waals surface area contributed by atoms with Crippen molar-refractivity contribution in [3.63, 3.8) is 0 Å². The van der Waals surface area contributed by atoms with Crippen molar-refractivity contribution in [3.05, 3.63) is 95.6 Å². The van der Waals surface area contributed by atoms with Crippen molar-refractivity contribution in [1.29, 1.82) is 0 Å². The molecule has 1 heterocycles. The Labute approximate surface area is 171 Å². The molecule has 5 nitrogen and oxygen atoms in total. The van der Waals surface area contributed by atoms with Gasteiger partial charge < -0.3 is 4.90 Å². The van der Waals surface area contributed by atoms with E-state index < -0.39 is 10.0 Å². The van der Waals surface area contributed by atoms with E-state index in [-0.39, 0.29) is 10.8 Å². The molecule has 0 spiro atoms. The monoisotopic (exact) mass is 406 g/mol. The number of nitrogens with one attached hydrogen (secondary N) is 1. The van der Waals surface area contributed by atoms with Gasteiger partial charge >= 0.3 is 0 Å². The van der Waals surface area contributed by atoms with Gasteiger partial charge in [0.1, 0.15) is 0 Å². The number of anilines is 1. The van der Waals surface area contributed by atoms with Gasteiger partial charge in [-0.05, 0) is 54.3 Å². The van der Waals surface area contributed by atoms with Crippen molar-refractivity contribution >= 4 is 21.6 Å². The lowest BCUT2D eigenvalue weighted by Crippen LogP contribution is -2.29. The second-order valence-corrected chi connectivity index (χ2v) is 8.76. The predicted octanol–water partition coefficient (Wildman–Crippen LogP) is 3.41. The van der Waals surface area contributed by atoms with E-state index in [4.69, 9.17) is 0 Å². The van der Waals surface area contributed by atoms with E-state index in [1.165, 1.54) is 0 Å². The van der Waals surface area contributed by atoms with Gasteiger partial charge in [0, 0.05) is 24.3 Å². The third-order valence-corrected chi connectivity index (χ3v) is 6.53. The molecule has 1 aliphatic rings. The van der Waals surface area contributed by atoms with Gasteiger partial charge in [-0.15, -0.1) is 0 Å². The molecule has 29 heavy (non-hydrogen) atoms. The minimum Gasteiger partial charge on any atom is -0.308 e. The molecule has 0 unspecified atom stereocenters. The molecule has 1 aliphatic heterocycles. The summed E-state index contributed by atoms with van der Waals surface area (Å²) in [6.45, 7) is 0.885. The number of hydrogen-bond acceptors (Lipinski definition) is 3. The standard InChI is InChI=1S/C23H22N2O3S/c26-23(19-9-5-2-6-10-19)25-16-14-20-17-21(11-12-22(20)25)29(27,28)24-15-13-18-7-3-1-4-8-18/h1-12,17,24H,13-16H2. The summed E-state index contributed by atoms with van der Waals surface area (Å²) < 4.78 is 28.0. The van der Waals surface area contributed by atoms with Crippen LogP contribution < -0.4 is 9.62 Å². The Hall–Kier alpha value is -2.96. The topological polar surface area (TPSA) is 66.5 Å². The lowest BCUT2D eigenvalue weighted by atomic mass is 10.1. The molecule has 0 atom stereocenters. The van der Waals surface area contributed by atoms with Crippen LogP contribution in [-0.4, -0.2) is 27.4 Å². The third-order valence-electron chi connectivity index (χ3n) is 5.07. The van der Waals surface area contributed by atoms with Crippen molar-refractivity contribution in [2.75, 3.05) is 18.0 Å². The fraction of sp³-hybridized carbons (Fsp3) is 0.174. The summed E-state index contributed by atoms with van der Waals surface area (Å²) >= 11 is 0. The van der Waals surface area contributed by atoms with Gasteiger partial charge in [0.05, 0.1) is 4.90 Å². The van der Waals surface area contributed by atoms with Crippen LogP contribution in [0.5, 0.6) is 0 Å². The first kappa shape index (κ1) is 19.4. The molecule has 3 aromatic carbocycles. The zero-order valence-electron chi connectivity index (χ0n) is 15.9. The molecule has 0 saturated heterocycles. The van der Waals surface area contributed by atoms with E-state index in [0.29, 0.717) is 31.5 Å². The molecule has 0 fully saturated rings. The molecule has 0 aromatic heterocycles. The Morgan fingerprint density at radius 3 is 2.34 bits per heavy atom. The minimum atomic E-state index is -3.60. The third kappa shape index (κ3) is 4.23. The van der Waals surface area contributed by atoms with Crippen LogP contribution in [0.4, 0.5) is 5.69 Å². The van der Waals surface area contributed by atoms with Crippen LogP contribution in [0.3, 0.4) is 0 Å². The number of sulfonamides is 1. The fourth-order valence-electron chi connectivity index (χ4n) is 3.55. The van der Waals surface area contributed by atoms with Crippen LogP contribution in [0.2, 0.25) is 0 Å². The molecule has 0 radical (unpaired) electrons. The second kappa shape index (κ2) is 8.19. The first-order chi connectivity index (χ1) is 14.0. The number of benzene rings is 3. The number of fused-ring (bicyclic) bond motifs is 1. The number of amides is 1. The Balaban J connectivity index is 1.47. The maximum atomic E-state index is 12.8. The fourth-order valence-corrected chi connectivity index (χ4v) is 4.63. The van der Waals surface area contributed by atoms with Crippen LogP contribution in [-0.2, 0) is 22.9 Å². The van der Waals surface area contributed by atoms with Gasteiger partial charge in [-0.2, -0.15) is 0 Å². The number of carbonyl (C=O) groups is 1. The van der Waals surface area contributed by atoms with E-state index >= 15 is 0 Å². The summed E-state index contributed by atoms with van der Waals surface area (Å²) in [6.07, 6.45) is 1.27. The predicted molar refractivity (Wildman–Crippen MR) is 114 cm³/mol. The molecule has 3 aromatic rings. The van der Waals surface area contributed by atoms with Crippen molar-refractivity contribution in [2.45, 2.75) is 17.7 Å². The summed E-state index contributed by atoms with van der Waals surface area (Å²) in [6, 6.07) is 23.9. The highest BCUT2D eigenvalue weighted by Crippen LogP contribution is 2.31. The first-order valence-electron chi connectivity index (χ1n) is 9.58. The highest BCUT2D eigenvalue weighted by molar-refractivity contribution is 7.89. The molecular formula is C23H22N2O3S. The summed E-state index contributed by atoms with van der Waals surface area (Å²) in [5, 5.41) is 0. The van der Waals surface area contributed by atoms with Crippen LogP contribution >= 0.6 is 0 Å². The van der Waals surface area contributed by atoms with Crippen LogP contribution in [0, 0.1) is 0 Å². The second-order valence-electron chi connectivity index (χ2n) is 7.00. The zero-order chi connectivity index (χ0) is 20.3. The average molecular weight is 407 g/mol. The normalized spacial score (nSPS) is 13.3. The molecule has 1 N–H and O–H groups in total. The Kier molecular flexibility index (Phi) is 5.47. The summed E-state index contributed by atoms with van der Waals surface area (Å²) in [5.41, 5.74) is 3.36. The molecule has 0 aliphatic carbocycles. The SMILES string of the molecule is O=C(c1ccccc1)N1CCc2cc(S(=O)(=O)NCCc3ccccc3)ccc21. The number of carbonyl (C=O) groups excluding carboxylic acids is 1.